The summed E-state index contributed by atoms with van der Waals surface area (Å²) in [6.45, 7) is 12.4. The molecule has 0 aliphatic heterocycles. The molecule has 2 fully saturated rings. The Morgan fingerprint density at radius 1 is 0.536 bits per heavy atom. The molecule has 2 saturated carbocycles. The van der Waals surface area contributed by atoms with Gasteiger partial charge in [0.05, 0.1) is 0 Å². The fourth-order valence-corrected chi connectivity index (χ4v) is 31.8. The molecule has 0 saturated heterocycles. The first-order chi connectivity index (χ1) is 25.9. The van der Waals surface area contributed by atoms with Gasteiger partial charge in [0, 0.05) is 0 Å². The van der Waals surface area contributed by atoms with E-state index < -0.39 is 17.4 Å². The molecular weight excluding hydrogens is 815 g/mol. The van der Waals surface area contributed by atoms with Crippen LogP contribution in [0.5, 0.6) is 0 Å². The molecule has 0 radical (unpaired) electrons. The number of hydrogen-bond acceptors (Lipinski definition) is 0. The Hall–Kier alpha value is -1.96. The third kappa shape index (κ3) is 8.27. The Kier molecular flexibility index (Phi) is 13.2. The van der Waals surface area contributed by atoms with Crippen LogP contribution in [0.1, 0.15) is 145 Å². The summed E-state index contributed by atoms with van der Waals surface area (Å²) in [5.41, 5.74) is 19.2. The Morgan fingerprint density at radius 3 is 1.23 bits per heavy atom. The fraction of sp³-hybridized carbons (Fsp3) is 0.462. The van der Waals surface area contributed by atoms with Gasteiger partial charge in [0.1, 0.15) is 0 Å². The van der Waals surface area contributed by atoms with Crippen molar-refractivity contribution in [3.63, 3.8) is 0 Å². The summed E-state index contributed by atoms with van der Waals surface area (Å²) in [6.07, 6.45) is 24.1. The second kappa shape index (κ2) is 17.0. The maximum atomic E-state index is 2.90. The van der Waals surface area contributed by atoms with Gasteiger partial charge in [-0.2, -0.15) is 0 Å². The van der Waals surface area contributed by atoms with Crippen molar-refractivity contribution in [2.45, 2.75) is 134 Å². The van der Waals surface area contributed by atoms with Gasteiger partial charge in [-0.3, -0.25) is 0 Å². The minimum absolute atomic E-state index is 0. The standard InChI is InChI=1S/2C25H29.2CH3.2ClH.H2Si.Zr/c2*1-3-19-10-12-21(13-11-19)23-9-7-8-22-16-20(17-24(22)23)18-25(2)14-5-4-6-15-25;;;;;;/h2*7-13,16-17H,3-6,14-15,18H2,1-2H3;2*1H3;2*1H;1H2;. The quantitative estimate of drug-likeness (QED) is 0.139. The molecule has 4 heteroatoms. The first-order valence-electron chi connectivity index (χ1n) is 21.8. The molecule has 4 aromatic rings. The number of halogens is 2. The summed E-state index contributed by atoms with van der Waals surface area (Å²) in [5, 5.41) is 0. The van der Waals surface area contributed by atoms with Crippen molar-refractivity contribution >= 4 is 43.8 Å². The number of hydrogen-bond donors (Lipinski definition) is 0. The second-order valence-corrected chi connectivity index (χ2v) is 50.5. The Balaban J connectivity index is 0.00000266. The van der Waals surface area contributed by atoms with Gasteiger partial charge >= 0.3 is 333 Å². The number of benzene rings is 4. The van der Waals surface area contributed by atoms with Crippen LogP contribution in [0.4, 0.5) is 0 Å². The van der Waals surface area contributed by atoms with Crippen LogP contribution in [0, 0.1) is 10.8 Å². The van der Waals surface area contributed by atoms with Crippen molar-refractivity contribution in [1.29, 1.82) is 0 Å². The maximum absolute atomic E-state index is 3.89. The van der Waals surface area contributed by atoms with E-state index in [4.69, 9.17) is 0 Å². The smallest absolute Gasteiger partial charge is 0.147 e. The maximum Gasteiger partial charge on any atom is -0.147 e. The molecule has 4 aliphatic rings. The van der Waals surface area contributed by atoms with Gasteiger partial charge in [-0.1, -0.05) is 0 Å². The number of allylic oxidation sites excluding steroid dienone is 2. The molecule has 56 heavy (non-hydrogen) atoms. The molecule has 8 rings (SSSR count). The Morgan fingerprint density at radius 2 is 0.893 bits per heavy atom. The van der Waals surface area contributed by atoms with Crippen LogP contribution in [-0.2, 0) is 30.2 Å². The van der Waals surface area contributed by atoms with Crippen LogP contribution in [-0.4, -0.2) is 6.88 Å². The van der Waals surface area contributed by atoms with Crippen molar-refractivity contribution < 1.29 is 17.4 Å². The van der Waals surface area contributed by atoms with E-state index in [1.807, 2.05) is 0 Å². The van der Waals surface area contributed by atoms with Crippen LogP contribution < -0.4 is 0 Å². The van der Waals surface area contributed by atoms with Crippen LogP contribution in [0.15, 0.2) is 96.1 Å². The molecule has 2 unspecified atom stereocenters. The predicted octanol–water partition coefficient (Wildman–Crippen LogP) is 15.6. The Labute approximate surface area is 355 Å². The predicted molar refractivity (Wildman–Crippen MR) is 250 cm³/mol. The molecule has 0 spiro atoms. The molecule has 0 amide bonds. The van der Waals surface area contributed by atoms with E-state index in [0.717, 1.165) is 12.8 Å². The van der Waals surface area contributed by atoms with E-state index in [1.54, 1.807) is 22.3 Å². The summed E-state index contributed by atoms with van der Waals surface area (Å²) in [7, 11) is 0. The van der Waals surface area contributed by atoms with Gasteiger partial charge in [-0.15, -0.1) is 24.8 Å². The molecule has 4 aromatic carbocycles. The zero-order valence-electron chi connectivity index (χ0n) is 35.3. The van der Waals surface area contributed by atoms with E-state index in [2.05, 4.69) is 141 Å². The summed E-state index contributed by atoms with van der Waals surface area (Å²) in [4.78, 5) is 0. The van der Waals surface area contributed by atoms with Crippen molar-refractivity contribution in [1.82, 2.24) is 0 Å². The Bertz CT molecular complexity index is 2000. The SMILES string of the molecule is CCc1ccc(-c2cccc3c2C=C(CC2(C)CCCCC2)[CH]3[Zr]([CH3])([CH3])(=[SiH2])[CH]2C(CC3(C)CCCCC3)=Cc3c(-c4ccc(CC)cc4)cccc32)cc1.Cl.Cl. The normalized spacial score (nSPS) is 21.2. The minimum Gasteiger partial charge on any atom is -0.147 e. The molecule has 0 heterocycles. The summed E-state index contributed by atoms with van der Waals surface area (Å²) < 4.78 is 6.89. The summed E-state index contributed by atoms with van der Waals surface area (Å²) in [5.74, 6) is 0. The van der Waals surface area contributed by atoms with Gasteiger partial charge in [-0.05, 0) is 0 Å². The molecular formula is C52H68Cl2SiZr. The van der Waals surface area contributed by atoms with E-state index in [1.165, 1.54) is 122 Å². The van der Waals surface area contributed by atoms with Crippen LogP contribution in [0.3, 0.4) is 0 Å². The molecule has 4 aliphatic carbocycles. The topological polar surface area (TPSA) is 0 Å². The van der Waals surface area contributed by atoms with E-state index in [9.17, 15) is 0 Å². The van der Waals surface area contributed by atoms with Crippen molar-refractivity contribution in [3.05, 3.63) is 129 Å². The first kappa shape index (κ1) is 43.6. The average molecular weight is 883 g/mol. The summed E-state index contributed by atoms with van der Waals surface area (Å²) in [6, 6.07) is 33.8. The van der Waals surface area contributed by atoms with Gasteiger partial charge in [0.25, 0.3) is 0 Å². The van der Waals surface area contributed by atoms with E-state index in [-0.39, 0.29) is 24.8 Å². The van der Waals surface area contributed by atoms with Gasteiger partial charge in [-0.25, -0.2) is 0 Å². The molecule has 2 atom stereocenters. The average Bonchev–Trinajstić information content (AvgIpc) is 3.74. The molecule has 0 aromatic heterocycles. The summed E-state index contributed by atoms with van der Waals surface area (Å²) >= 11 is -3.89. The van der Waals surface area contributed by atoms with Crippen molar-refractivity contribution in [2.24, 2.45) is 10.8 Å². The van der Waals surface area contributed by atoms with Crippen LogP contribution >= 0.6 is 24.8 Å². The third-order valence-corrected chi connectivity index (χ3v) is 32.4. The van der Waals surface area contributed by atoms with E-state index >= 15 is 0 Å². The zero-order valence-corrected chi connectivity index (χ0v) is 40.8. The first-order valence-corrected chi connectivity index (χ1v) is 35.5. The van der Waals surface area contributed by atoms with Crippen molar-refractivity contribution in [2.75, 3.05) is 0 Å². The van der Waals surface area contributed by atoms with E-state index in [0.29, 0.717) is 18.1 Å². The number of aryl methyl sites for hydroxylation is 2. The molecule has 0 N–H and O–H groups in total. The number of fused-ring (bicyclic) bond motifs is 2. The van der Waals surface area contributed by atoms with Crippen LogP contribution in [0.25, 0.3) is 34.4 Å². The minimum atomic E-state index is -3.89. The third-order valence-electron chi connectivity index (χ3n) is 14.9. The zero-order chi connectivity index (χ0) is 37.7. The van der Waals surface area contributed by atoms with Gasteiger partial charge < -0.3 is 0 Å². The molecule has 0 nitrogen and oxygen atoms in total. The molecule has 0 bridgehead atoms. The monoisotopic (exact) mass is 880 g/mol. The molecule has 298 valence electrons. The van der Waals surface area contributed by atoms with Crippen LogP contribution in [0.2, 0.25) is 9.26 Å². The van der Waals surface area contributed by atoms with Crippen molar-refractivity contribution in [3.8, 4) is 22.3 Å². The second-order valence-electron chi connectivity index (χ2n) is 20.1. The van der Waals surface area contributed by atoms with Gasteiger partial charge in [0.2, 0.25) is 0 Å². The van der Waals surface area contributed by atoms with Gasteiger partial charge in [0.15, 0.2) is 0 Å². The number of rotatable bonds is 10. The largest absolute Gasteiger partial charge is 0.147 e. The fourth-order valence-electron chi connectivity index (χ4n) is 12.1.